The van der Waals surface area contributed by atoms with Crippen molar-refractivity contribution in [1.82, 2.24) is 10.2 Å². The molecule has 0 heterocycles. The highest BCUT2D eigenvalue weighted by Crippen LogP contribution is 2.28. The Morgan fingerprint density at radius 3 is 2.15 bits per heavy atom. The Kier molecular flexibility index (Phi) is 6.10. The maximum Gasteiger partial charge on any atom is 0.251 e. The Hall–Kier alpha value is -1.46. The lowest BCUT2D eigenvalue weighted by molar-refractivity contribution is -0.129. The van der Waals surface area contributed by atoms with E-state index in [0.29, 0.717) is 13.1 Å². The van der Waals surface area contributed by atoms with Gasteiger partial charge in [0.25, 0.3) is 5.91 Å². The quantitative estimate of drug-likeness (QED) is 0.817. The molecule has 110 valence electrons. The van der Waals surface area contributed by atoms with Crippen LogP contribution in [0.1, 0.15) is 24.2 Å². The molecule has 2 amide bonds. The summed E-state index contributed by atoms with van der Waals surface area (Å²) in [7, 11) is 0. The number of hydrogen-bond acceptors (Lipinski definition) is 3. The topological polar surface area (TPSA) is 75.4 Å². The summed E-state index contributed by atoms with van der Waals surface area (Å²) in [5.74, 6) is -0.565. The molecule has 20 heavy (non-hydrogen) atoms. The Balaban J connectivity index is 2.71. The average molecular weight is 318 g/mol. The van der Waals surface area contributed by atoms with Crippen molar-refractivity contribution in [2.24, 2.45) is 0 Å². The van der Waals surface area contributed by atoms with Gasteiger partial charge in [0.1, 0.15) is 0 Å². The largest absolute Gasteiger partial charge is 0.396 e. The first-order valence-corrected chi connectivity index (χ1v) is 6.96. The molecule has 0 aliphatic carbocycles. The molecule has 0 saturated heterocycles. The monoisotopic (exact) mass is 317 g/mol. The first-order chi connectivity index (χ1) is 9.40. The second-order valence-corrected chi connectivity index (χ2v) is 4.92. The number of nitrogen functional groups attached to an aromatic ring is 1. The van der Waals surface area contributed by atoms with Gasteiger partial charge in [-0.05, 0) is 26.0 Å². The summed E-state index contributed by atoms with van der Waals surface area (Å²) < 4.78 is 0. The third-order valence-corrected chi connectivity index (χ3v) is 3.48. The second kappa shape index (κ2) is 7.36. The van der Waals surface area contributed by atoms with Crippen LogP contribution >= 0.6 is 23.2 Å². The molecule has 1 aromatic carbocycles. The minimum absolute atomic E-state index is 0.0693. The Labute approximate surface area is 128 Å². The first-order valence-electron chi connectivity index (χ1n) is 6.21. The maximum absolute atomic E-state index is 11.9. The van der Waals surface area contributed by atoms with E-state index in [1.54, 1.807) is 4.90 Å². The van der Waals surface area contributed by atoms with E-state index in [1.807, 2.05) is 13.8 Å². The number of amides is 2. The van der Waals surface area contributed by atoms with Crippen LogP contribution in [0.15, 0.2) is 12.1 Å². The molecule has 0 bridgehead atoms. The molecule has 1 aromatic rings. The molecule has 7 heteroatoms. The molecule has 0 unspecified atom stereocenters. The molecule has 0 aliphatic heterocycles. The fraction of sp³-hybridized carbons (Fsp3) is 0.385. The van der Waals surface area contributed by atoms with Crippen LogP contribution in [0, 0.1) is 0 Å². The van der Waals surface area contributed by atoms with Crippen molar-refractivity contribution in [3.63, 3.8) is 0 Å². The van der Waals surface area contributed by atoms with Crippen LogP contribution in [0.4, 0.5) is 5.69 Å². The normalized spacial score (nSPS) is 10.2. The van der Waals surface area contributed by atoms with Gasteiger partial charge < -0.3 is 16.0 Å². The average Bonchev–Trinajstić information content (AvgIpc) is 2.42. The highest BCUT2D eigenvalue weighted by Gasteiger charge is 2.14. The zero-order valence-electron chi connectivity index (χ0n) is 11.4. The number of nitrogens with zero attached hydrogens (tertiary/aromatic N) is 1. The number of benzene rings is 1. The predicted molar refractivity (Wildman–Crippen MR) is 81.1 cm³/mol. The van der Waals surface area contributed by atoms with Crippen LogP contribution in [-0.4, -0.2) is 36.3 Å². The Morgan fingerprint density at radius 1 is 1.20 bits per heavy atom. The second-order valence-electron chi connectivity index (χ2n) is 4.10. The lowest BCUT2D eigenvalue weighted by atomic mass is 10.2. The number of carbonyl (C=O) groups excluding carboxylic acids is 2. The number of hydrogen-bond donors (Lipinski definition) is 2. The van der Waals surface area contributed by atoms with E-state index < -0.39 is 5.91 Å². The van der Waals surface area contributed by atoms with E-state index in [0.717, 1.165) is 0 Å². The van der Waals surface area contributed by atoms with Crippen LogP contribution in [0.5, 0.6) is 0 Å². The van der Waals surface area contributed by atoms with E-state index in [4.69, 9.17) is 28.9 Å². The lowest BCUT2D eigenvalue weighted by Crippen LogP contribution is -2.40. The molecule has 5 nitrogen and oxygen atoms in total. The van der Waals surface area contributed by atoms with Crippen LogP contribution < -0.4 is 11.1 Å². The maximum atomic E-state index is 11.9. The summed E-state index contributed by atoms with van der Waals surface area (Å²) in [5, 5.41) is 2.95. The third-order valence-electron chi connectivity index (χ3n) is 2.86. The molecule has 0 aliphatic rings. The number of halogens is 2. The zero-order valence-corrected chi connectivity index (χ0v) is 12.9. The van der Waals surface area contributed by atoms with Crippen LogP contribution in [-0.2, 0) is 4.79 Å². The van der Waals surface area contributed by atoms with Crippen molar-refractivity contribution in [1.29, 1.82) is 0 Å². The summed E-state index contributed by atoms with van der Waals surface area (Å²) in [6, 6.07) is 2.83. The standard InChI is InChI=1S/C13H17Cl2N3O2/c1-3-18(4-2)11(19)7-17-13(20)8-5-9(14)12(16)10(15)6-8/h5-6H,3-4,7,16H2,1-2H3,(H,17,20). The van der Waals surface area contributed by atoms with Gasteiger partial charge in [-0.3, -0.25) is 9.59 Å². The van der Waals surface area contributed by atoms with E-state index in [1.165, 1.54) is 12.1 Å². The highest BCUT2D eigenvalue weighted by atomic mass is 35.5. The summed E-state index contributed by atoms with van der Waals surface area (Å²) in [6.45, 7) is 4.89. The summed E-state index contributed by atoms with van der Waals surface area (Å²) >= 11 is 11.7. The molecule has 0 saturated carbocycles. The van der Waals surface area contributed by atoms with Crippen molar-refractivity contribution in [2.75, 3.05) is 25.4 Å². The third kappa shape index (κ3) is 4.02. The molecular weight excluding hydrogens is 301 g/mol. The van der Waals surface area contributed by atoms with Crippen molar-refractivity contribution in [2.45, 2.75) is 13.8 Å². The molecule has 0 aromatic heterocycles. The van der Waals surface area contributed by atoms with Crippen LogP contribution in [0.2, 0.25) is 10.0 Å². The van der Waals surface area contributed by atoms with Gasteiger partial charge in [0.05, 0.1) is 22.3 Å². The number of rotatable bonds is 5. The summed E-state index contributed by atoms with van der Waals surface area (Å²) in [4.78, 5) is 25.3. The van der Waals surface area contributed by atoms with Gasteiger partial charge >= 0.3 is 0 Å². The molecule has 3 N–H and O–H groups in total. The SMILES string of the molecule is CCN(CC)C(=O)CNC(=O)c1cc(Cl)c(N)c(Cl)c1. The highest BCUT2D eigenvalue weighted by molar-refractivity contribution is 6.39. The molecular formula is C13H17Cl2N3O2. The van der Waals surface area contributed by atoms with Crippen LogP contribution in [0.3, 0.4) is 0 Å². The Morgan fingerprint density at radius 2 is 1.70 bits per heavy atom. The molecule has 0 fully saturated rings. The van der Waals surface area contributed by atoms with Crippen molar-refractivity contribution >= 4 is 40.7 Å². The molecule has 0 atom stereocenters. The molecule has 0 spiro atoms. The van der Waals surface area contributed by atoms with E-state index in [9.17, 15) is 9.59 Å². The number of nitrogens with two attached hydrogens (primary N) is 1. The van der Waals surface area contributed by atoms with E-state index in [-0.39, 0.29) is 33.7 Å². The van der Waals surface area contributed by atoms with Gasteiger partial charge in [-0.15, -0.1) is 0 Å². The first kappa shape index (κ1) is 16.6. The van der Waals surface area contributed by atoms with Gasteiger partial charge in [0.2, 0.25) is 5.91 Å². The number of anilines is 1. The smallest absolute Gasteiger partial charge is 0.251 e. The number of likely N-dealkylation sites (N-methyl/N-ethyl adjacent to an activating group) is 1. The van der Waals surface area contributed by atoms with E-state index in [2.05, 4.69) is 5.32 Å². The summed E-state index contributed by atoms with van der Waals surface area (Å²) in [5.41, 5.74) is 6.08. The Bertz CT molecular complexity index is 493. The lowest BCUT2D eigenvalue weighted by Gasteiger charge is -2.18. The predicted octanol–water partition coefficient (Wildman–Crippen LogP) is 2.17. The minimum Gasteiger partial charge on any atom is -0.396 e. The number of carbonyl (C=O) groups is 2. The van der Waals surface area contributed by atoms with E-state index >= 15 is 0 Å². The van der Waals surface area contributed by atoms with Gasteiger partial charge in [-0.1, -0.05) is 23.2 Å². The van der Waals surface area contributed by atoms with Crippen LogP contribution in [0.25, 0.3) is 0 Å². The minimum atomic E-state index is -0.422. The molecule has 0 radical (unpaired) electrons. The van der Waals surface area contributed by atoms with Gasteiger partial charge in [-0.2, -0.15) is 0 Å². The zero-order chi connectivity index (χ0) is 15.3. The number of nitrogens with one attached hydrogen (secondary N) is 1. The fourth-order valence-corrected chi connectivity index (χ4v) is 2.15. The molecule has 1 rings (SSSR count). The van der Waals surface area contributed by atoms with Crippen molar-refractivity contribution in [3.05, 3.63) is 27.7 Å². The van der Waals surface area contributed by atoms with Crippen molar-refractivity contribution < 1.29 is 9.59 Å². The summed E-state index contributed by atoms with van der Waals surface area (Å²) in [6.07, 6.45) is 0. The van der Waals surface area contributed by atoms with Gasteiger partial charge in [0, 0.05) is 18.7 Å². The fourth-order valence-electron chi connectivity index (χ4n) is 1.66. The van der Waals surface area contributed by atoms with Gasteiger partial charge in [0.15, 0.2) is 0 Å². The van der Waals surface area contributed by atoms with Gasteiger partial charge in [-0.25, -0.2) is 0 Å². The van der Waals surface area contributed by atoms with Crippen molar-refractivity contribution in [3.8, 4) is 0 Å².